The van der Waals surface area contributed by atoms with Crippen molar-refractivity contribution in [1.29, 1.82) is 0 Å². The molecule has 0 aliphatic heterocycles. The van der Waals surface area contributed by atoms with Gasteiger partial charge in [0, 0.05) is 22.4 Å². The van der Waals surface area contributed by atoms with Crippen LogP contribution in [0.25, 0.3) is 0 Å². The van der Waals surface area contributed by atoms with Crippen LogP contribution in [0.15, 0.2) is 83.6 Å². The van der Waals surface area contributed by atoms with Crippen molar-refractivity contribution in [2.24, 2.45) is 4.76 Å². The molecule has 2 nitrogen and oxygen atoms in total. The first-order chi connectivity index (χ1) is 12.8. The number of benzene rings is 3. The molecule has 0 radical (unpaired) electrons. The summed E-state index contributed by atoms with van der Waals surface area (Å²) in [6, 6.07) is 25.8. The molecular formula is C23H24NOPS. The smallest absolute Gasteiger partial charge is 0.124 e. The SMILES string of the molecule is CC(C)(C)c1ccc(O)c(/C=N/P(=S)(c2ccccc2)c2ccccc2)c1. The second kappa shape index (κ2) is 7.80. The Labute approximate surface area is 166 Å². The van der Waals surface area contributed by atoms with Gasteiger partial charge in [-0.2, -0.15) is 0 Å². The maximum absolute atomic E-state index is 10.3. The van der Waals surface area contributed by atoms with Crippen LogP contribution in [-0.4, -0.2) is 11.3 Å². The van der Waals surface area contributed by atoms with E-state index < -0.39 is 6.19 Å². The molecule has 0 heterocycles. The standard InChI is InChI=1S/C23H24NOPS/c1-23(2,3)19-14-15-22(25)18(16-19)17-24-26(27,20-10-6-4-7-11-20)21-12-8-5-9-13-21/h4-17,25H,1-3H3/b24-17+. The first-order valence-electron chi connectivity index (χ1n) is 8.91. The average Bonchev–Trinajstić information content (AvgIpc) is 2.67. The summed E-state index contributed by atoms with van der Waals surface area (Å²) in [5, 5.41) is 12.4. The highest BCUT2D eigenvalue weighted by molar-refractivity contribution is 8.21. The largest absolute Gasteiger partial charge is 0.507 e. The number of rotatable bonds is 4. The topological polar surface area (TPSA) is 32.6 Å². The maximum Gasteiger partial charge on any atom is 0.124 e. The molecule has 0 amide bonds. The molecule has 0 atom stereocenters. The molecule has 0 aliphatic rings. The summed E-state index contributed by atoms with van der Waals surface area (Å²) in [6.45, 7) is 6.45. The molecule has 0 saturated carbocycles. The van der Waals surface area contributed by atoms with Crippen LogP contribution in [0.5, 0.6) is 5.75 Å². The van der Waals surface area contributed by atoms with E-state index in [-0.39, 0.29) is 11.2 Å². The van der Waals surface area contributed by atoms with Crippen LogP contribution in [0.2, 0.25) is 0 Å². The van der Waals surface area contributed by atoms with Crippen molar-refractivity contribution < 1.29 is 5.11 Å². The molecule has 27 heavy (non-hydrogen) atoms. The zero-order chi connectivity index (χ0) is 19.5. The van der Waals surface area contributed by atoms with Gasteiger partial charge in [0.25, 0.3) is 0 Å². The van der Waals surface area contributed by atoms with E-state index in [2.05, 4.69) is 20.8 Å². The molecule has 0 spiro atoms. The zero-order valence-corrected chi connectivity index (χ0v) is 17.5. The third-order valence-electron chi connectivity index (χ3n) is 4.47. The number of hydrogen-bond acceptors (Lipinski definition) is 2. The minimum Gasteiger partial charge on any atom is -0.507 e. The number of hydrogen-bond donors (Lipinski definition) is 1. The van der Waals surface area contributed by atoms with Crippen LogP contribution < -0.4 is 10.6 Å². The van der Waals surface area contributed by atoms with E-state index in [0.29, 0.717) is 5.56 Å². The van der Waals surface area contributed by atoms with E-state index >= 15 is 0 Å². The Morgan fingerprint density at radius 2 is 1.37 bits per heavy atom. The summed E-state index contributed by atoms with van der Waals surface area (Å²) in [4.78, 5) is 0. The van der Waals surface area contributed by atoms with Gasteiger partial charge in [-0.3, -0.25) is 4.76 Å². The summed E-state index contributed by atoms with van der Waals surface area (Å²) in [5.74, 6) is 0.217. The molecule has 138 valence electrons. The lowest BCUT2D eigenvalue weighted by Gasteiger charge is -2.20. The lowest BCUT2D eigenvalue weighted by Crippen LogP contribution is -2.14. The van der Waals surface area contributed by atoms with Gasteiger partial charge in [-0.15, -0.1) is 0 Å². The Hall–Kier alpha value is -2.22. The number of nitrogens with zero attached hydrogens (tertiary/aromatic N) is 1. The average molecular weight is 393 g/mol. The molecule has 0 bridgehead atoms. The van der Waals surface area contributed by atoms with Gasteiger partial charge >= 0.3 is 0 Å². The second-order valence-electron chi connectivity index (χ2n) is 7.52. The van der Waals surface area contributed by atoms with Gasteiger partial charge in [0.1, 0.15) is 11.9 Å². The van der Waals surface area contributed by atoms with Crippen molar-refractivity contribution >= 4 is 34.8 Å². The van der Waals surface area contributed by atoms with Gasteiger partial charge < -0.3 is 5.11 Å². The normalized spacial score (nSPS) is 12.4. The quantitative estimate of drug-likeness (QED) is 0.491. The lowest BCUT2D eigenvalue weighted by atomic mass is 9.86. The van der Waals surface area contributed by atoms with Crippen LogP contribution in [-0.2, 0) is 17.2 Å². The van der Waals surface area contributed by atoms with Crippen LogP contribution >= 0.6 is 6.19 Å². The highest BCUT2D eigenvalue weighted by Gasteiger charge is 2.21. The number of phenolic OH excluding ortho intramolecular Hbond substituents is 1. The van der Waals surface area contributed by atoms with Gasteiger partial charge in [0.2, 0.25) is 0 Å². The minimum atomic E-state index is -2.37. The summed E-state index contributed by atoms with van der Waals surface area (Å²) < 4.78 is 4.89. The number of phenols is 1. The van der Waals surface area contributed by atoms with E-state index in [1.54, 1.807) is 12.3 Å². The Kier molecular flexibility index (Phi) is 5.64. The van der Waals surface area contributed by atoms with Crippen molar-refractivity contribution in [3.8, 4) is 5.75 Å². The first kappa shape index (κ1) is 19.5. The Bertz CT molecular complexity index is 948. The van der Waals surface area contributed by atoms with E-state index in [1.807, 2.05) is 72.8 Å². The van der Waals surface area contributed by atoms with E-state index in [9.17, 15) is 5.11 Å². The second-order valence-corrected chi connectivity index (χ2v) is 11.5. The van der Waals surface area contributed by atoms with Crippen molar-refractivity contribution in [2.45, 2.75) is 26.2 Å². The molecule has 3 aromatic rings. The van der Waals surface area contributed by atoms with Crippen molar-refractivity contribution in [1.82, 2.24) is 0 Å². The van der Waals surface area contributed by atoms with Crippen molar-refractivity contribution in [2.75, 3.05) is 0 Å². The zero-order valence-electron chi connectivity index (χ0n) is 15.8. The molecule has 3 aromatic carbocycles. The summed E-state index contributed by atoms with van der Waals surface area (Å²) in [6.07, 6.45) is -0.632. The Morgan fingerprint density at radius 1 is 0.852 bits per heavy atom. The molecule has 4 heteroatoms. The molecule has 0 aromatic heterocycles. The molecule has 3 rings (SSSR count). The van der Waals surface area contributed by atoms with Crippen molar-refractivity contribution in [3.05, 3.63) is 90.0 Å². The molecule has 0 saturated heterocycles. The molecule has 0 fully saturated rings. The van der Waals surface area contributed by atoms with E-state index in [0.717, 1.165) is 16.2 Å². The fourth-order valence-corrected chi connectivity index (χ4v) is 5.69. The third-order valence-corrected chi connectivity index (χ3v) is 8.45. The van der Waals surface area contributed by atoms with Gasteiger partial charge in [0.05, 0.1) is 0 Å². The fourth-order valence-electron chi connectivity index (χ4n) is 2.81. The fraction of sp³-hybridized carbons (Fsp3) is 0.174. The van der Waals surface area contributed by atoms with Gasteiger partial charge in [-0.1, -0.05) is 99.3 Å². The predicted octanol–water partition coefficient (Wildman–Crippen LogP) is 5.15. The van der Waals surface area contributed by atoms with Crippen LogP contribution in [0.4, 0.5) is 0 Å². The van der Waals surface area contributed by atoms with E-state index in [1.165, 1.54) is 0 Å². The van der Waals surface area contributed by atoms with Crippen LogP contribution in [0.3, 0.4) is 0 Å². The summed E-state index contributed by atoms with van der Waals surface area (Å²) >= 11 is 6.12. The first-order valence-corrected chi connectivity index (χ1v) is 11.7. The van der Waals surface area contributed by atoms with Crippen LogP contribution in [0, 0.1) is 0 Å². The molecular weight excluding hydrogens is 369 g/mol. The maximum atomic E-state index is 10.3. The Morgan fingerprint density at radius 3 is 1.85 bits per heavy atom. The van der Waals surface area contributed by atoms with Gasteiger partial charge in [-0.25, -0.2) is 0 Å². The molecule has 0 aliphatic carbocycles. The lowest BCUT2D eigenvalue weighted by molar-refractivity contribution is 0.473. The molecule has 0 unspecified atom stereocenters. The molecule has 1 N–H and O–H groups in total. The summed E-state index contributed by atoms with van der Waals surface area (Å²) in [7, 11) is 0. The van der Waals surface area contributed by atoms with Gasteiger partial charge in [-0.05, 0) is 23.1 Å². The number of aromatic hydroxyl groups is 1. The van der Waals surface area contributed by atoms with E-state index in [4.69, 9.17) is 16.6 Å². The van der Waals surface area contributed by atoms with Crippen molar-refractivity contribution in [3.63, 3.8) is 0 Å². The highest BCUT2D eigenvalue weighted by atomic mass is 32.4. The van der Waals surface area contributed by atoms with Crippen LogP contribution in [0.1, 0.15) is 31.9 Å². The summed E-state index contributed by atoms with van der Waals surface area (Å²) in [5.41, 5.74) is 1.84. The predicted molar refractivity (Wildman–Crippen MR) is 121 cm³/mol. The monoisotopic (exact) mass is 393 g/mol. The highest BCUT2D eigenvalue weighted by Crippen LogP contribution is 2.45. The third kappa shape index (κ3) is 4.37. The Balaban J connectivity index is 2.10. The van der Waals surface area contributed by atoms with Gasteiger partial charge in [0.15, 0.2) is 0 Å². The minimum absolute atomic E-state index is 0.00462.